The van der Waals surface area contributed by atoms with Gasteiger partial charge in [0.25, 0.3) is 0 Å². The van der Waals surface area contributed by atoms with Crippen molar-refractivity contribution >= 4 is 11.7 Å². The fourth-order valence-corrected chi connectivity index (χ4v) is 1.53. The van der Waals surface area contributed by atoms with Crippen LogP contribution in [0.5, 0.6) is 0 Å². The Kier molecular flexibility index (Phi) is 3.88. The Morgan fingerprint density at radius 1 is 1.11 bits per heavy atom. The van der Waals surface area contributed by atoms with Crippen LogP contribution in [0.1, 0.15) is 26.3 Å². The third kappa shape index (κ3) is 4.27. The summed E-state index contributed by atoms with van der Waals surface area (Å²) in [6, 6.07) is 5.46. The van der Waals surface area contributed by atoms with E-state index in [4.69, 9.17) is 0 Å². The Balaban J connectivity index is 2.89. The minimum atomic E-state index is -4.74. The summed E-state index contributed by atoms with van der Waals surface area (Å²) in [5.41, 5.74) is 0.858. The zero-order valence-electron chi connectivity index (χ0n) is 10.4. The van der Waals surface area contributed by atoms with Crippen LogP contribution in [0.15, 0.2) is 24.3 Å². The van der Waals surface area contributed by atoms with Crippen LogP contribution < -0.4 is 10.6 Å². The fraction of sp³-hybridized carbons (Fsp3) is 0.417. The molecule has 0 aliphatic rings. The number of hydrogen-bond donors (Lipinski definition) is 2. The molecule has 1 aromatic rings. The molecule has 1 rings (SSSR count). The van der Waals surface area contributed by atoms with Crippen molar-refractivity contribution in [2.45, 2.75) is 32.5 Å². The highest BCUT2D eigenvalue weighted by atomic mass is 19.4. The van der Waals surface area contributed by atoms with Crippen LogP contribution in [-0.4, -0.2) is 12.3 Å². The van der Waals surface area contributed by atoms with Crippen molar-refractivity contribution in [2.75, 3.05) is 5.32 Å². The van der Waals surface area contributed by atoms with Gasteiger partial charge in [-0.05, 0) is 17.0 Å². The summed E-state index contributed by atoms with van der Waals surface area (Å²) in [6.45, 7) is 5.74. The zero-order chi connectivity index (χ0) is 14.0. The van der Waals surface area contributed by atoms with E-state index >= 15 is 0 Å². The van der Waals surface area contributed by atoms with Gasteiger partial charge in [-0.1, -0.05) is 39.0 Å². The van der Waals surface area contributed by atoms with Crippen LogP contribution in [0.3, 0.4) is 0 Å². The second kappa shape index (κ2) is 4.88. The van der Waals surface area contributed by atoms with Crippen molar-refractivity contribution in [3.63, 3.8) is 0 Å². The molecule has 1 aromatic carbocycles. The van der Waals surface area contributed by atoms with E-state index in [0.29, 0.717) is 5.69 Å². The van der Waals surface area contributed by atoms with E-state index < -0.39 is 12.3 Å². The standard InChI is InChI=1S/C12H15F3N2O/c1-11(2,3)8-6-4-5-7-9(8)16-10(18)17-12(13,14)15/h4-7H,1-3H3,(H2,16,17,18). The quantitative estimate of drug-likeness (QED) is 0.744. The van der Waals surface area contributed by atoms with Crippen LogP contribution in [0.4, 0.5) is 23.7 Å². The SMILES string of the molecule is CC(C)(C)c1ccccc1NC(=O)NC(F)(F)F. The summed E-state index contributed by atoms with van der Waals surface area (Å²) >= 11 is 0. The summed E-state index contributed by atoms with van der Waals surface area (Å²) in [7, 11) is 0. The molecule has 0 atom stereocenters. The molecule has 18 heavy (non-hydrogen) atoms. The van der Waals surface area contributed by atoms with Crippen LogP contribution in [-0.2, 0) is 5.41 Å². The summed E-state index contributed by atoms with van der Waals surface area (Å²) in [4.78, 5) is 11.2. The van der Waals surface area contributed by atoms with E-state index in [1.165, 1.54) is 0 Å². The molecule has 0 fully saturated rings. The maximum Gasteiger partial charge on any atom is 0.485 e. The first-order valence-corrected chi connectivity index (χ1v) is 5.35. The molecule has 0 aliphatic heterocycles. The van der Waals surface area contributed by atoms with Crippen LogP contribution >= 0.6 is 0 Å². The number of carbonyl (C=O) groups excluding carboxylic acids is 1. The van der Waals surface area contributed by atoms with Gasteiger partial charge < -0.3 is 5.32 Å². The number of nitrogens with one attached hydrogen (secondary N) is 2. The summed E-state index contributed by atoms with van der Waals surface area (Å²) < 4.78 is 35.9. The van der Waals surface area contributed by atoms with E-state index in [1.54, 1.807) is 24.3 Å². The maximum atomic E-state index is 12.0. The third-order valence-corrected chi connectivity index (χ3v) is 2.24. The number of para-hydroxylation sites is 1. The van der Waals surface area contributed by atoms with Gasteiger partial charge in [0.15, 0.2) is 0 Å². The molecule has 0 saturated carbocycles. The number of rotatable bonds is 1. The molecular weight excluding hydrogens is 245 g/mol. The lowest BCUT2D eigenvalue weighted by Crippen LogP contribution is -2.40. The Labute approximate surface area is 103 Å². The Bertz CT molecular complexity index is 436. The van der Waals surface area contributed by atoms with Gasteiger partial charge in [0.1, 0.15) is 0 Å². The number of benzene rings is 1. The normalized spacial score (nSPS) is 12.1. The largest absolute Gasteiger partial charge is 0.485 e. The molecular formula is C12H15F3N2O. The second-order valence-corrected chi connectivity index (χ2v) is 4.87. The Morgan fingerprint density at radius 3 is 2.17 bits per heavy atom. The fourth-order valence-electron chi connectivity index (χ4n) is 1.53. The number of halogens is 3. The average Bonchev–Trinajstić information content (AvgIpc) is 2.13. The number of urea groups is 1. The van der Waals surface area contributed by atoms with Gasteiger partial charge in [-0.15, -0.1) is 0 Å². The predicted octanol–water partition coefficient (Wildman–Crippen LogP) is 3.63. The van der Waals surface area contributed by atoms with E-state index in [9.17, 15) is 18.0 Å². The van der Waals surface area contributed by atoms with Crippen molar-refractivity contribution in [3.8, 4) is 0 Å². The van der Waals surface area contributed by atoms with Gasteiger partial charge in [0.05, 0.1) is 0 Å². The van der Waals surface area contributed by atoms with E-state index in [1.807, 2.05) is 20.8 Å². The first-order valence-electron chi connectivity index (χ1n) is 5.35. The number of amides is 2. The van der Waals surface area contributed by atoms with E-state index in [-0.39, 0.29) is 5.41 Å². The Hall–Kier alpha value is -1.72. The lowest BCUT2D eigenvalue weighted by molar-refractivity contribution is -0.144. The zero-order valence-corrected chi connectivity index (χ0v) is 10.4. The first kappa shape index (κ1) is 14.3. The molecule has 2 amide bonds. The van der Waals surface area contributed by atoms with Gasteiger partial charge in [0.2, 0.25) is 0 Å². The molecule has 0 radical (unpaired) electrons. The number of alkyl halides is 3. The summed E-state index contributed by atoms with van der Waals surface area (Å²) in [5.74, 6) is 0. The monoisotopic (exact) mass is 260 g/mol. The lowest BCUT2D eigenvalue weighted by Gasteiger charge is -2.23. The molecule has 0 spiro atoms. The van der Waals surface area contributed by atoms with Crippen LogP contribution in [0, 0.1) is 0 Å². The van der Waals surface area contributed by atoms with Gasteiger partial charge in [-0.2, -0.15) is 13.2 Å². The molecule has 100 valence electrons. The smallest absolute Gasteiger partial charge is 0.308 e. The molecule has 0 aromatic heterocycles. The molecule has 0 unspecified atom stereocenters. The highest BCUT2D eigenvalue weighted by Crippen LogP contribution is 2.29. The van der Waals surface area contributed by atoms with E-state index in [0.717, 1.165) is 10.9 Å². The lowest BCUT2D eigenvalue weighted by atomic mass is 9.86. The van der Waals surface area contributed by atoms with Crippen molar-refractivity contribution in [1.82, 2.24) is 5.32 Å². The van der Waals surface area contributed by atoms with Gasteiger partial charge in [-0.3, -0.25) is 0 Å². The molecule has 2 N–H and O–H groups in total. The molecule has 6 heteroatoms. The first-order chi connectivity index (χ1) is 8.09. The molecule has 0 bridgehead atoms. The highest BCUT2D eigenvalue weighted by molar-refractivity contribution is 5.90. The number of hydrogen-bond acceptors (Lipinski definition) is 1. The van der Waals surface area contributed by atoms with Crippen molar-refractivity contribution in [3.05, 3.63) is 29.8 Å². The molecule has 3 nitrogen and oxygen atoms in total. The predicted molar refractivity (Wildman–Crippen MR) is 63.4 cm³/mol. The van der Waals surface area contributed by atoms with Gasteiger partial charge in [0, 0.05) is 5.69 Å². The number of carbonyl (C=O) groups is 1. The minimum Gasteiger partial charge on any atom is -0.308 e. The average molecular weight is 260 g/mol. The van der Waals surface area contributed by atoms with Crippen molar-refractivity contribution in [1.29, 1.82) is 0 Å². The third-order valence-electron chi connectivity index (χ3n) is 2.24. The van der Waals surface area contributed by atoms with Crippen molar-refractivity contribution < 1.29 is 18.0 Å². The number of anilines is 1. The molecule has 0 aliphatic carbocycles. The maximum absolute atomic E-state index is 12.0. The molecule has 0 saturated heterocycles. The summed E-state index contributed by atoms with van der Waals surface area (Å²) in [6.07, 6.45) is -4.74. The molecule has 0 heterocycles. The van der Waals surface area contributed by atoms with Crippen LogP contribution in [0.2, 0.25) is 0 Å². The highest BCUT2D eigenvalue weighted by Gasteiger charge is 2.30. The second-order valence-electron chi connectivity index (χ2n) is 4.87. The van der Waals surface area contributed by atoms with Gasteiger partial charge >= 0.3 is 12.3 Å². The van der Waals surface area contributed by atoms with Crippen LogP contribution in [0.25, 0.3) is 0 Å². The Morgan fingerprint density at radius 2 is 1.67 bits per heavy atom. The summed E-state index contributed by atoms with van der Waals surface area (Å²) in [5, 5.41) is 3.10. The topological polar surface area (TPSA) is 41.1 Å². The van der Waals surface area contributed by atoms with Gasteiger partial charge in [-0.25, -0.2) is 10.1 Å². The minimum absolute atomic E-state index is 0.276. The van der Waals surface area contributed by atoms with E-state index in [2.05, 4.69) is 5.32 Å². The van der Waals surface area contributed by atoms with Crippen molar-refractivity contribution in [2.24, 2.45) is 0 Å².